The third-order valence-electron chi connectivity index (χ3n) is 3.02. The van der Waals surface area contributed by atoms with E-state index >= 15 is 0 Å². The molecule has 0 aromatic rings. The minimum Gasteiger partial charge on any atom is -0.356 e. The van der Waals surface area contributed by atoms with Gasteiger partial charge < -0.3 is 10.2 Å². The molecule has 0 atom stereocenters. The summed E-state index contributed by atoms with van der Waals surface area (Å²) in [6.45, 7) is 6.47. The summed E-state index contributed by atoms with van der Waals surface area (Å²) in [6, 6.07) is 0. The van der Waals surface area contributed by atoms with Crippen molar-refractivity contribution in [2.75, 3.05) is 19.6 Å². The Bertz CT molecular complexity index is 245. The summed E-state index contributed by atoms with van der Waals surface area (Å²) in [6.07, 6.45) is 3.03. The maximum absolute atomic E-state index is 11.7. The van der Waals surface area contributed by atoms with Gasteiger partial charge >= 0.3 is 0 Å². The van der Waals surface area contributed by atoms with E-state index in [0.29, 0.717) is 12.5 Å². The predicted molar refractivity (Wildman–Crippen MR) is 62.9 cm³/mol. The van der Waals surface area contributed by atoms with Crippen molar-refractivity contribution in [3.63, 3.8) is 0 Å². The van der Waals surface area contributed by atoms with Crippen LogP contribution in [0.15, 0.2) is 0 Å². The number of hydrogen-bond donors (Lipinski definition) is 1. The first-order valence-corrected chi connectivity index (χ1v) is 6.18. The summed E-state index contributed by atoms with van der Waals surface area (Å²) in [4.78, 5) is 24.9. The van der Waals surface area contributed by atoms with Crippen LogP contribution >= 0.6 is 0 Å². The van der Waals surface area contributed by atoms with Gasteiger partial charge in [-0.25, -0.2) is 0 Å². The topological polar surface area (TPSA) is 49.4 Å². The van der Waals surface area contributed by atoms with Crippen molar-refractivity contribution >= 4 is 11.8 Å². The molecule has 0 unspecified atom stereocenters. The molecule has 0 bridgehead atoms. The molecule has 0 aromatic heterocycles. The second kappa shape index (κ2) is 6.51. The van der Waals surface area contributed by atoms with Crippen molar-refractivity contribution in [3.05, 3.63) is 0 Å². The minimum absolute atomic E-state index is 0.00831. The molecule has 4 heteroatoms. The number of nitrogens with zero attached hydrogens (tertiary/aromatic N) is 1. The van der Waals surface area contributed by atoms with Crippen LogP contribution < -0.4 is 5.32 Å². The molecule has 0 aromatic carbocycles. The van der Waals surface area contributed by atoms with E-state index in [1.165, 1.54) is 0 Å². The minimum atomic E-state index is -0.148. The lowest BCUT2D eigenvalue weighted by Gasteiger charge is -2.30. The van der Waals surface area contributed by atoms with E-state index in [9.17, 15) is 9.59 Å². The molecule has 1 aliphatic heterocycles. The van der Waals surface area contributed by atoms with Gasteiger partial charge in [-0.3, -0.25) is 9.59 Å². The summed E-state index contributed by atoms with van der Waals surface area (Å²) < 4.78 is 0. The summed E-state index contributed by atoms with van der Waals surface area (Å²) >= 11 is 0. The highest BCUT2D eigenvalue weighted by molar-refractivity contribution is 5.96. The van der Waals surface area contributed by atoms with Crippen molar-refractivity contribution in [2.45, 2.75) is 39.5 Å². The fourth-order valence-corrected chi connectivity index (χ4v) is 1.83. The average Bonchev–Trinajstić information content (AvgIpc) is 2.27. The predicted octanol–water partition coefficient (Wildman–Crippen LogP) is 1.16. The number of rotatable bonds is 4. The molecule has 0 spiro atoms. The van der Waals surface area contributed by atoms with Crippen LogP contribution in [0, 0.1) is 5.92 Å². The van der Waals surface area contributed by atoms with Gasteiger partial charge in [-0.1, -0.05) is 13.8 Å². The van der Waals surface area contributed by atoms with E-state index in [2.05, 4.69) is 12.2 Å². The lowest BCUT2D eigenvalue weighted by atomic mass is 9.99. The second-order valence-corrected chi connectivity index (χ2v) is 4.59. The lowest BCUT2D eigenvalue weighted by Crippen LogP contribution is -2.40. The van der Waals surface area contributed by atoms with Crippen LogP contribution in [0.4, 0.5) is 0 Å². The Morgan fingerprint density at radius 3 is 2.50 bits per heavy atom. The van der Waals surface area contributed by atoms with Crippen molar-refractivity contribution in [1.82, 2.24) is 10.2 Å². The molecular weight excluding hydrogens is 204 g/mol. The third kappa shape index (κ3) is 4.21. The Balaban J connectivity index is 2.26. The fourth-order valence-electron chi connectivity index (χ4n) is 1.83. The van der Waals surface area contributed by atoms with Crippen molar-refractivity contribution in [3.8, 4) is 0 Å². The van der Waals surface area contributed by atoms with Gasteiger partial charge in [0.05, 0.1) is 0 Å². The fraction of sp³-hybridized carbons (Fsp3) is 0.833. The number of amides is 2. The molecule has 1 aliphatic rings. The van der Waals surface area contributed by atoms with E-state index in [4.69, 9.17) is 0 Å². The van der Waals surface area contributed by atoms with Crippen LogP contribution in [0.5, 0.6) is 0 Å². The van der Waals surface area contributed by atoms with Gasteiger partial charge in [0.15, 0.2) is 0 Å². The molecule has 1 N–H and O–H groups in total. The van der Waals surface area contributed by atoms with Gasteiger partial charge in [-0.2, -0.15) is 0 Å². The Labute approximate surface area is 97.4 Å². The number of carbonyl (C=O) groups is 2. The molecule has 2 amide bonds. The normalized spacial score (nSPS) is 17.2. The highest BCUT2D eigenvalue weighted by Crippen LogP contribution is 2.16. The molecule has 4 nitrogen and oxygen atoms in total. The molecule has 0 saturated carbocycles. The zero-order valence-electron chi connectivity index (χ0n) is 10.3. The first-order chi connectivity index (χ1) is 7.63. The van der Waals surface area contributed by atoms with Crippen LogP contribution in [0.1, 0.15) is 39.5 Å². The highest BCUT2D eigenvalue weighted by atomic mass is 16.2. The van der Waals surface area contributed by atoms with E-state index < -0.39 is 0 Å². The number of piperidine rings is 1. The first kappa shape index (κ1) is 13.0. The monoisotopic (exact) mass is 226 g/mol. The molecule has 1 fully saturated rings. The third-order valence-corrected chi connectivity index (χ3v) is 3.02. The summed E-state index contributed by atoms with van der Waals surface area (Å²) in [5.74, 6) is 0.531. The number of nitrogens with one attached hydrogen (secondary N) is 1. The van der Waals surface area contributed by atoms with Crippen LogP contribution in [-0.2, 0) is 9.59 Å². The molecular formula is C12H22N2O2. The zero-order chi connectivity index (χ0) is 12.0. The SMILES string of the molecule is CCCNC(=O)CC(=O)N1CCC(C)CC1. The second-order valence-electron chi connectivity index (χ2n) is 4.59. The molecule has 1 saturated heterocycles. The van der Waals surface area contributed by atoms with Crippen LogP contribution in [0.2, 0.25) is 0 Å². The van der Waals surface area contributed by atoms with Gasteiger partial charge in [0.25, 0.3) is 0 Å². The van der Waals surface area contributed by atoms with Crippen LogP contribution in [-0.4, -0.2) is 36.3 Å². The van der Waals surface area contributed by atoms with E-state index in [0.717, 1.165) is 32.4 Å². The molecule has 1 heterocycles. The smallest absolute Gasteiger partial charge is 0.232 e. The van der Waals surface area contributed by atoms with E-state index in [1.807, 2.05) is 11.8 Å². The summed E-state index contributed by atoms with van der Waals surface area (Å²) in [5.41, 5.74) is 0. The van der Waals surface area contributed by atoms with Gasteiger partial charge in [0, 0.05) is 19.6 Å². The van der Waals surface area contributed by atoms with Crippen LogP contribution in [0.25, 0.3) is 0 Å². The van der Waals surface area contributed by atoms with Gasteiger partial charge in [-0.05, 0) is 25.2 Å². The maximum atomic E-state index is 11.7. The van der Waals surface area contributed by atoms with Gasteiger partial charge in [0.1, 0.15) is 6.42 Å². The number of likely N-dealkylation sites (tertiary alicyclic amines) is 1. The maximum Gasteiger partial charge on any atom is 0.232 e. The Hall–Kier alpha value is -1.06. The van der Waals surface area contributed by atoms with Crippen LogP contribution in [0.3, 0.4) is 0 Å². The molecule has 92 valence electrons. The Morgan fingerprint density at radius 2 is 1.94 bits per heavy atom. The summed E-state index contributed by atoms with van der Waals surface area (Å²) in [5, 5.41) is 2.72. The molecule has 1 rings (SSSR count). The lowest BCUT2D eigenvalue weighted by molar-refractivity contribution is -0.137. The standard InChI is InChI=1S/C12H22N2O2/c1-3-6-13-11(15)9-12(16)14-7-4-10(2)5-8-14/h10H,3-9H2,1-2H3,(H,13,15). The van der Waals surface area contributed by atoms with E-state index in [1.54, 1.807) is 0 Å². The summed E-state index contributed by atoms with van der Waals surface area (Å²) in [7, 11) is 0. The largest absolute Gasteiger partial charge is 0.356 e. The number of carbonyl (C=O) groups excluding carboxylic acids is 2. The van der Waals surface area contributed by atoms with E-state index in [-0.39, 0.29) is 18.2 Å². The molecule has 0 aliphatic carbocycles. The van der Waals surface area contributed by atoms with Crippen molar-refractivity contribution < 1.29 is 9.59 Å². The highest BCUT2D eigenvalue weighted by Gasteiger charge is 2.21. The van der Waals surface area contributed by atoms with Crippen molar-refractivity contribution in [2.24, 2.45) is 5.92 Å². The quantitative estimate of drug-likeness (QED) is 0.731. The average molecular weight is 226 g/mol. The molecule has 0 radical (unpaired) electrons. The van der Waals surface area contributed by atoms with Crippen molar-refractivity contribution in [1.29, 1.82) is 0 Å². The molecule has 16 heavy (non-hydrogen) atoms. The van der Waals surface area contributed by atoms with Gasteiger partial charge in [-0.15, -0.1) is 0 Å². The zero-order valence-corrected chi connectivity index (χ0v) is 10.3. The number of hydrogen-bond acceptors (Lipinski definition) is 2. The Kier molecular flexibility index (Phi) is 5.29. The Morgan fingerprint density at radius 1 is 1.31 bits per heavy atom. The van der Waals surface area contributed by atoms with Gasteiger partial charge in [0.2, 0.25) is 11.8 Å². The first-order valence-electron chi connectivity index (χ1n) is 6.18.